The average molecular weight is 322 g/mol. The number of oxime groups is 1. The number of amidine groups is 1. The van der Waals surface area contributed by atoms with Crippen LogP contribution in [-0.4, -0.2) is 15.6 Å². The van der Waals surface area contributed by atoms with Gasteiger partial charge in [-0.2, -0.15) is 0 Å². The van der Waals surface area contributed by atoms with Crippen LogP contribution in [0.5, 0.6) is 0 Å². The Hall–Kier alpha value is -2.08. The molecule has 0 saturated heterocycles. The van der Waals surface area contributed by atoms with Gasteiger partial charge in [0.05, 0.1) is 12.1 Å². The molecule has 19 heavy (non-hydrogen) atoms. The SMILES string of the molecule is N/C(=N/O)c1cccn(Cc2cccc(Br)c2)c1=O. The fraction of sp³-hybridized carbons (Fsp3) is 0.0769. The molecule has 0 spiro atoms. The van der Waals surface area contributed by atoms with Crippen molar-refractivity contribution >= 4 is 21.8 Å². The van der Waals surface area contributed by atoms with Crippen LogP contribution in [0.4, 0.5) is 0 Å². The maximum absolute atomic E-state index is 12.1. The van der Waals surface area contributed by atoms with Gasteiger partial charge in [-0.25, -0.2) is 0 Å². The van der Waals surface area contributed by atoms with Crippen LogP contribution in [0.1, 0.15) is 11.1 Å². The molecule has 6 heteroatoms. The maximum atomic E-state index is 12.1. The Morgan fingerprint density at radius 3 is 2.84 bits per heavy atom. The van der Waals surface area contributed by atoms with Gasteiger partial charge in [-0.05, 0) is 29.8 Å². The van der Waals surface area contributed by atoms with Crippen LogP contribution in [0, 0.1) is 0 Å². The van der Waals surface area contributed by atoms with Crippen LogP contribution in [0.25, 0.3) is 0 Å². The van der Waals surface area contributed by atoms with Crippen molar-refractivity contribution in [2.24, 2.45) is 10.9 Å². The van der Waals surface area contributed by atoms with Crippen molar-refractivity contribution in [2.45, 2.75) is 6.54 Å². The highest BCUT2D eigenvalue weighted by Crippen LogP contribution is 2.12. The van der Waals surface area contributed by atoms with Gasteiger partial charge in [-0.1, -0.05) is 33.2 Å². The third-order valence-corrected chi connectivity index (χ3v) is 3.14. The Labute approximate surface area is 118 Å². The first-order valence-corrected chi connectivity index (χ1v) is 6.33. The highest BCUT2D eigenvalue weighted by molar-refractivity contribution is 9.10. The third-order valence-electron chi connectivity index (χ3n) is 2.65. The van der Waals surface area contributed by atoms with E-state index in [2.05, 4.69) is 21.1 Å². The van der Waals surface area contributed by atoms with E-state index in [9.17, 15) is 4.79 Å². The molecule has 0 aliphatic carbocycles. The number of hydrogen-bond acceptors (Lipinski definition) is 3. The Morgan fingerprint density at radius 1 is 1.37 bits per heavy atom. The minimum atomic E-state index is -0.294. The van der Waals surface area contributed by atoms with Crippen LogP contribution in [0.2, 0.25) is 0 Å². The standard InChI is InChI=1S/C13H12BrN3O2/c14-10-4-1-3-9(7-10)8-17-6-2-5-11(13(17)18)12(15)16-19/h1-7,19H,8H2,(H2,15,16). The molecule has 0 fully saturated rings. The summed E-state index contributed by atoms with van der Waals surface area (Å²) in [6.45, 7) is 0.421. The summed E-state index contributed by atoms with van der Waals surface area (Å²) in [6, 6.07) is 10.9. The molecule has 1 aromatic heterocycles. The summed E-state index contributed by atoms with van der Waals surface area (Å²) in [5.74, 6) is -0.186. The molecule has 1 aromatic carbocycles. The second kappa shape index (κ2) is 5.71. The van der Waals surface area contributed by atoms with E-state index in [1.807, 2.05) is 24.3 Å². The summed E-state index contributed by atoms with van der Waals surface area (Å²) in [6.07, 6.45) is 1.66. The molecule has 0 atom stereocenters. The Morgan fingerprint density at radius 2 is 2.16 bits per heavy atom. The first kappa shape index (κ1) is 13.4. The summed E-state index contributed by atoms with van der Waals surface area (Å²) in [7, 11) is 0. The maximum Gasteiger partial charge on any atom is 0.261 e. The fourth-order valence-corrected chi connectivity index (χ4v) is 2.19. The number of benzene rings is 1. The predicted molar refractivity (Wildman–Crippen MR) is 76.5 cm³/mol. The van der Waals surface area contributed by atoms with Crippen LogP contribution < -0.4 is 11.3 Å². The summed E-state index contributed by atoms with van der Waals surface area (Å²) in [4.78, 5) is 12.1. The van der Waals surface area contributed by atoms with Crippen LogP contribution >= 0.6 is 15.9 Å². The zero-order valence-electron chi connectivity index (χ0n) is 9.95. The van der Waals surface area contributed by atoms with Gasteiger partial charge >= 0.3 is 0 Å². The molecule has 2 aromatic rings. The number of nitrogens with zero attached hydrogens (tertiary/aromatic N) is 2. The van der Waals surface area contributed by atoms with Crippen molar-refractivity contribution in [1.82, 2.24) is 4.57 Å². The van der Waals surface area contributed by atoms with Crippen molar-refractivity contribution < 1.29 is 5.21 Å². The van der Waals surface area contributed by atoms with Gasteiger partial charge in [0.25, 0.3) is 5.56 Å². The minimum absolute atomic E-state index is 0.181. The molecule has 5 nitrogen and oxygen atoms in total. The van der Waals surface area contributed by atoms with Gasteiger partial charge in [0, 0.05) is 10.7 Å². The summed E-state index contributed by atoms with van der Waals surface area (Å²) >= 11 is 3.38. The summed E-state index contributed by atoms with van der Waals surface area (Å²) in [5, 5.41) is 11.5. The minimum Gasteiger partial charge on any atom is -0.409 e. The average Bonchev–Trinajstić information content (AvgIpc) is 2.40. The quantitative estimate of drug-likeness (QED) is 0.391. The first-order valence-electron chi connectivity index (χ1n) is 5.53. The normalized spacial score (nSPS) is 11.5. The lowest BCUT2D eigenvalue weighted by Crippen LogP contribution is -2.29. The van der Waals surface area contributed by atoms with Crippen molar-refractivity contribution in [3.8, 4) is 0 Å². The van der Waals surface area contributed by atoms with Crippen molar-refractivity contribution in [1.29, 1.82) is 0 Å². The lowest BCUT2D eigenvalue weighted by Gasteiger charge is -2.08. The molecular weight excluding hydrogens is 310 g/mol. The molecule has 0 radical (unpaired) electrons. The highest BCUT2D eigenvalue weighted by Gasteiger charge is 2.07. The van der Waals surface area contributed by atoms with E-state index in [1.165, 1.54) is 10.6 Å². The molecule has 98 valence electrons. The molecule has 1 heterocycles. The van der Waals surface area contributed by atoms with E-state index in [4.69, 9.17) is 10.9 Å². The number of nitrogens with two attached hydrogens (primary N) is 1. The lowest BCUT2D eigenvalue weighted by atomic mass is 10.2. The fourth-order valence-electron chi connectivity index (χ4n) is 1.74. The summed E-state index contributed by atoms with van der Waals surface area (Å²) in [5.41, 5.74) is 6.33. The van der Waals surface area contributed by atoms with Gasteiger partial charge in [0.2, 0.25) is 0 Å². The van der Waals surface area contributed by atoms with Gasteiger partial charge in [-0.3, -0.25) is 4.79 Å². The number of hydrogen-bond donors (Lipinski definition) is 2. The van der Waals surface area contributed by atoms with E-state index >= 15 is 0 Å². The van der Waals surface area contributed by atoms with Gasteiger partial charge in [-0.15, -0.1) is 0 Å². The zero-order valence-corrected chi connectivity index (χ0v) is 11.5. The number of rotatable bonds is 3. The van der Waals surface area contributed by atoms with Crippen LogP contribution in [0.15, 0.2) is 57.0 Å². The topological polar surface area (TPSA) is 80.6 Å². The second-order valence-electron chi connectivity index (χ2n) is 3.97. The van der Waals surface area contributed by atoms with Crippen molar-refractivity contribution in [3.63, 3.8) is 0 Å². The molecule has 0 amide bonds. The number of pyridine rings is 1. The molecule has 3 N–H and O–H groups in total. The smallest absolute Gasteiger partial charge is 0.261 e. The zero-order chi connectivity index (χ0) is 13.8. The molecule has 2 rings (SSSR count). The molecule has 0 bridgehead atoms. The Balaban J connectivity index is 2.39. The van der Waals surface area contributed by atoms with Crippen molar-refractivity contribution in [2.75, 3.05) is 0 Å². The molecule has 0 unspecified atom stereocenters. The van der Waals surface area contributed by atoms with Gasteiger partial charge in [0.15, 0.2) is 5.84 Å². The van der Waals surface area contributed by atoms with Crippen molar-refractivity contribution in [3.05, 3.63) is 68.5 Å². The van der Waals surface area contributed by atoms with Crippen LogP contribution in [0.3, 0.4) is 0 Å². The van der Waals surface area contributed by atoms with Crippen LogP contribution in [-0.2, 0) is 6.54 Å². The summed E-state index contributed by atoms with van der Waals surface area (Å²) < 4.78 is 2.46. The third kappa shape index (κ3) is 3.03. The second-order valence-corrected chi connectivity index (χ2v) is 4.89. The van der Waals surface area contributed by atoms with E-state index in [-0.39, 0.29) is 17.0 Å². The highest BCUT2D eigenvalue weighted by atomic mass is 79.9. The largest absolute Gasteiger partial charge is 0.409 e. The lowest BCUT2D eigenvalue weighted by molar-refractivity contribution is 0.318. The first-order chi connectivity index (χ1) is 9.11. The van der Waals surface area contributed by atoms with E-state index in [0.29, 0.717) is 6.54 Å². The number of halogens is 1. The molecule has 0 saturated carbocycles. The van der Waals surface area contributed by atoms with E-state index in [0.717, 1.165) is 10.0 Å². The molecule has 0 aliphatic rings. The Bertz CT molecular complexity index is 680. The van der Waals surface area contributed by atoms with Gasteiger partial charge < -0.3 is 15.5 Å². The van der Waals surface area contributed by atoms with E-state index < -0.39 is 0 Å². The number of aromatic nitrogens is 1. The Kier molecular flexibility index (Phi) is 4.01. The van der Waals surface area contributed by atoms with E-state index in [1.54, 1.807) is 12.3 Å². The monoisotopic (exact) mass is 321 g/mol. The van der Waals surface area contributed by atoms with Gasteiger partial charge in [0.1, 0.15) is 0 Å². The molecular formula is C13H12BrN3O2. The predicted octanol–water partition coefficient (Wildman–Crippen LogP) is 1.75. The molecule has 0 aliphatic heterocycles.